The molecule has 4 heterocycles. The number of ether oxygens (including phenoxy) is 1. The smallest absolute Gasteiger partial charge is 0.167 e. The Morgan fingerprint density at radius 3 is 2.85 bits per heavy atom. The highest BCUT2D eigenvalue weighted by atomic mass is 19.1. The average molecular weight is 443 g/mol. The van der Waals surface area contributed by atoms with Gasteiger partial charge in [-0.25, -0.2) is 24.3 Å². The molecule has 2 unspecified atom stereocenters. The second kappa shape index (κ2) is 8.25. The van der Waals surface area contributed by atoms with Crippen LogP contribution in [0.2, 0.25) is 0 Å². The molecule has 1 aliphatic rings. The first kappa shape index (κ1) is 19.8. The standard InChI is InChI=1S/C24H22FN7O/c25-16-9-10-17-18(12-16)30-23(29-17)20(15-6-2-1-3-7-15)31-22-21-24(27-13-26-22)32(14-28-21)19-8-4-5-11-33-19/h1-3,6-7,9-10,12-14,19-20H,4-5,8,11H2,(H,29,30)(H,26,27,31). The van der Waals surface area contributed by atoms with Gasteiger partial charge in [0.1, 0.15) is 30.2 Å². The molecule has 2 aromatic carbocycles. The van der Waals surface area contributed by atoms with E-state index in [2.05, 4.69) is 25.3 Å². The maximum atomic E-state index is 13.7. The summed E-state index contributed by atoms with van der Waals surface area (Å²) in [4.78, 5) is 21.5. The van der Waals surface area contributed by atoms with Crippen LogP contribution in [0.25, 0.3) is 22.2 Å². The summed E-state index contributed by atoms with van der Waals surface area (Å²) in [6.45, 7) is 0.739. The summed E-state index contributed by atoms with van der Waals surface area (Å²) in [5.41, 5.74) is 3.70. The molecule has 2 N–H and O–H groups in total. The van der Waals surface area contributed by atoms with Crippen LogP contribution in [0.15, 0.2) is 61.2 Å². The Morgan fingerprint density at radius 2 is 2.00 bits per heavy atom. The van der Waals surface area contributed by atoms with Crippen LogP contribution in [0.5, 0.6) is 0 Å². The lowest BCUT2D eigenvalue weighted by molar-refractivity contribution is -0.0298. The van der Waals surface area contributed by atoms with Crippen LogP contribution < -0.4 is 5.32 Å². The van der Waals surface area contributed by atoms with E-state index in [0.717, 1.165) is 37.1 Å². The number of imidazole rings is 2. The van der Waals surface area contributed by atoms with Crippen LogP contribution in [0.1, 0.15) is 42.9 Å². The highest BCUT2D eigenvalue weighted by molar-refractivity contribution is 5.83. The van der Waals surface area contributed by atoms with Crippen molar-refractivity contribution in [3.05, 3.63) is 78.4 Å². The molecule has 5 aromatic rings. The number of rotatable bonds is 5. The fourth-order valence-electron chi connectivity index (χ4n) is 4.34. The van der Waals surface area contributed by atoms with Crippen LogP contribution in [-0.2, 0) is 4.74 Å². The highest BCUT2D eigenvalue weighted by Gasteiger charge is 2.23. The first-order valence-electron chi connectivity index (χ1n) is 11.0. The Morgan fingerprint density at radius 1 is 1.09 bits per heavy atom. The largest absolute Gasteiger partial charge is 0.358 e. The van der Waals surface area contributed by atoms with Gasteiger partial charge in [0.25, 0.3) is 0 Å². The Kier molecular flexibility index (Phi) is 4.95. The van der Waals surface area contributed by atoms with E-state index in [-0.39, 0.29) is 18.1 Å². The second-order valence-corrected chi connectivity index (χ2v) is 8.14. The van der Waals surface area contributed by atoms with Crippen molar-refractivity contribution in [2.45, 2.75) is 31.5 Å². The lowest BCUT2D eigenvalue weighted by atomic mass is 10.1. The summed E-state index contributed by atoms with van der Waals surface area (Å²) in [6.07, 6.45) is 6.35. The van der Waals surface area contributed by atoms with E-state index in [9.17, 15) is 4.39 Å². The molecular formula is C24H22FN7O. The Bertz CT molecular complexity index is 1410. The van der Waals surface area contributed by atoms with Crippen LogP contribution in [0.3, 0.4) is 0 Å². The van der Waals surface area contributed by atoms with Gasteiger partial charge < -0.3 is 15.0 Å². The van der Waals surface area contributed by atoms with Gasteiger partial charge in [0.05, 0.1) is 17.4 Å². The van der Waals surface area contributed by atoms with E-state index in [1.165, 1.54) is 18.5 Å². The molecule has 166 valence electrons. The molecule has 2 atom stereocenters. The third-order valence-corrected chi connectivity index (χ3v) is 5.97. The van der Waals surface area contributed by atoms with Gasteiger partial charge in [0, 0.05) is 6.61 Å². The van der Waals surface area contributed by atoms with Gasteiger partial charge >= 0.3 is 0 Å². The normalized spacial score (nSPS) is 17.4. The van der Waals surface area contributed by atoms with Gasteiger partial charge in [-0.2, -0.15) is 0 Å². The monoisotopic (exact) mass is 443 g/mol. The number of halogens is 1. The van der Waals surface area contributed by atoms with Crippen molar-refractivity contribution in [3.63, 3.8) is 0 Å². The van der Waals surface area contributed by atoms with Gasteiger partial charge in [-0.15, -0.1) is 0 Å². The number of nitrogens with one attached hydrogen (secondary N) is 2. The lowest BCUT2D eigenvalue weighted by Gasteiger charge is -2.23. The van der Waals surface area contributed by atoms with E-state index in [4.69, 9.17) is 9.72 Å². The van der Waals surface area contributed by atoms with Gasteiger partial charge in [-0.1, -0.05) is 30.3 Å². The number of hydrogen-bond donors (Lipinski definition) is 2. The topological polar surface area (TPSA) is 93.5 Å². The van der Waals surface area contributed by atoms with E-state index in [1.54, 1.807) is 12.4 Å². The van der Waals surface area contributed by atoms with Crippen molar-refractivity contribution in [3.8, 4) is 0 Å². The zero-order chi connectivity index (χ0) is 22.2. The molecule has 1 aliphatic heterocycles. The molecule has 0 spiro atoms. The molecule has 6 rings (SSSR count). The van der Waals surface area contributed by atoms with Gasteiger partial charge in [-0.3, -0.25) is 4.57 Å². The van der Waals surface area contributed by atoms with Gasteiger partial charge in [0.2, 0.25) is 0 Å². The van der Waals surface area contributed by atoms with Crippen LogP contribution in [-0.4, -0.2) is 36.1 Å². The minimum atomic E-state index is -0.351. The van der Waals surface area contributed by atoms with Crippen molar-refractivity contribution < 1.29 is 9.13 Å². The van der Waals surface area contributed by atoms with Gasteiger partial charge in [0.15, 0.2) is 17.0 Å². The molecule has 0 aliphatic carbocycles. The second-order valence-electron chi connectivity index (χ2n) is 8.14. The first-order chi connectivity index (χ1) is 16.3. The van der Waals surface area contributed by atoms with Crippen molar-refractivity contribution in [1.82, 2.24) is 29.5 Å². The lowest BCUT2D eigenvalue weighted by Crippen LogP contribution is -2.18. The SMILES string of the molecule is Fc1ccc2nc(C(Nc3ncnc4c3ncn4C3CCCCO3)c3ccccc3)[nH]c2c1. The van der Waals surface area contributed by atoms with Crippen molar-refractivity contribution >= 4 is 28.0 Å². The van der Waals surface area contributed by atoms with E-state index in [1.807, 2.05) is 34.9 Å². The third-order valence-electron chi connectivity index (χ3n) is 5.97. The summed E-state index contributed by atoms with van der Waals surface area (Å²) < 4.78 is 21.7. The number of H-pyrrole nitrogens is 1. The summed E-state index contributed by atoms with van der Waals surface area (Å²) >= 11 is 0. The maximum Gasteiger partial charge on any atom is 0.167 e. The minimum Gasteiger partial charge on any atom is -0.358 e. The predicted molar refractivity (Wildman–Crippen MR) is 122 cm³/mol. The molecule has 3 aromatic heterocycles. The fraction of sp³-hybridized carbons (Fsp3) is 0.250. The number of hydrogen-bond acceptors (Lipinski definition) is 6. The number of benzene rings is 2. The first-order valence-corrected chi connectivity index (χ1v) is 11.0. The zero-order valence-corrected chi connectivity index (χ0v) is 17.8. The predicted octanol–water partition coefficient (Wildman–Crippen LogP) is 4.74. The molecule has 9 heteroatoms. The van der Waals surface area contributed by atoms with Crippen LogP contribution in [0, 0.1) is 5.82 Å². The average Bonchev–Trinajstić information content (AvgIpc) is 3.48. The number of anilines is 1. The Balaban J connectivity index is 1.41. The number of aromatic nitrogens is 6. The number of nitrogens with zero attached hydrogens (tertiary/aromatic N) is 5. The fourth-order valence-corrected chi connectivity index (χ4v) is 4.34. The quantitative estimate of drug-likeness (QED) is 0.407. The Labute approximate surface area is 188 Å². The molecule has 0 saturated carbocycles. The highest BCUT2D eigenvalue weighted by Crippen LogP contribution is 2.31. The van der Waals surface area contributed by atoms with E-state index in [0.29, 0.717) is 28.2 Å². The molecule has 0 bridgehead atoms. The molecule has 8 nitrogen and oxygen atoms in total. The van der Waals surface area contributed by atoms with Crippen LogP contribution >= 0.6 is 0 Å². The van der Waals surface area contributed by atoms with Crippen molar-refractivity contribution in [2.75, 3.05) is 11.9 Å². The molecular weight excluding hydrogens is 421 g/mol. The zero-order valence-electron chi connectivity index (χ0n) is 17.8. The molecule has 1 saturated heterocycles. The molecule has 0 radical (unpaired) electrons. The summed E-state index contributed by atoms with van der Waals surface area (Å²) in [5, 5.41) is 3.49. The minimum absolute atomic E-state index is 0.0679. The molecule has 0 amide bonds. The van der Waals surface area contributed by atoms with E-state index < -0.39 is 0 Å². The Hall–Kier alpha value is -3.85. The van der Waals surface area contributed by atoms with Crippen molar-refractivity contribution in [1.29, 1.82) is 0 Å². The maximum absolute atomic E-state index is 13.7. The van der Waals surface area contributed by atoms with E-state index >= 15 is 0 Å². The molecule has 1 fully saturated rings. The molecule has 33 heavy (non-hydrogen) atoms. The third kappa shape index (κ3) is 3.70. The van der Waals surface area contributed by atoms with Crippen LogP contribution in [0.4, 0.5) is 10.2 Å². The van der Waals surface area contributed by atoms with Gasteiger partial charge in [-0.05, 0) is 43.0 Å². The number of aromatic amines is 1. The summed E-state index contributed by atoms with van der Waals surface area (Å²) in [7, 11) is 0. The van der Waals surface area contributed by atoms with Crippen molar-refractivity contribution in [2.24, 2.45) is 0 Å². The number of fused-ring (bicyclic) bond motifs is 2. The summed E-state index contributed by atoms with van der Waals surface area (Å²) in [6, 6.07) is 14.1. The summed E-state index contributed by atoms with van der Waals surface area (Å²) in [5.74, 6) is 0.938.